The SMILES string of the molecule is O=C(NC[C@@H]1CN[C@H](C(=O)N2CCCC2)C1)c1ccc(F)cc1. The number of amides is 2. The Balaban J connectivity index is 1.45. The lowest BCUT2D eigenvalue weighted by Crippen LogP contribution is -2.42. The average molecular weight is 319 g/mol. The fourth-order valence-electron chi connectivity index (χ4n) is 3.25. The zero-order chi connectivity index (χ0) is 16.2. The number of halogens is 1. The molecule has 3 rings (SSSR count). The van der Waals surface area contributed by atoms with E-state index in [0.29, 0.717) is 12.1 Å². The predicted molar refractivity (Wildman–Crippen MR) is 84.4 cm³/mol. The van der Waals surface area contributed by atoms with Gasteiger partial charge in [-0.25, -0.2) is 4.39 Å². The lowest BCUT2D eigenvalue weighted by atomic mass is 10.0. The normalized spacial score (nSPS) is 24.0. The van der Waals surface area contributed by atoms with Crippen molar-refractivity contribution in [1.29, 1.82) is 0 Å². The average Bonchev–Trinajstić information content (AvgIpc) is 3.24. The molecule has 1 aromatic rings. The van der Waals surface area contributed by atoms with Crippen LogP contribution in [0.25, 0.3) is 0 Å². The quantitative estimate of drug-likeness (QED) is 0.875. The third kappa shape index (κ3) is 3.88. The summed E-state index contributed by atoms with van der Waals surface area (Å²) in [6.07, 6.45) is 2.93. The van der Waals surface area contributed by atoms with Gasteiger partial charge in [0, 0.05) is 31.7 Å². The molecule has 0 unspecified atom stereocenters. The lowest BCUT2D eigenvalue weighted by Gasteiger charge is -2.20. The van der Waals surface area contributed by atoms with E-state index in [-0.39, 0.29) is 29.6 Å². The summed E-state index contributed by atoms with van der Waals surface area (Å²) in [7, 11) is 0. The first kappa shape index (κ1) is 15.9. The fraction of sp³-hybridized carbons (Fsp3) is 0.529. The van der Waals surface area contributed by atoms with Gasteiger partial charge in [0.1, 0.15) is 5.82 Å². The highest BCUT2D eigenvalue weighted by atomic mass is 19.1. The maximum Gasteiger partial charge on any atom is 0.251 e. The third-order valence-electron chi connectivity index (χ3n) is 4.60. The summed E-state index contributed by atoms with van der Waals surface area (Å²) in [6, 6.07) is 5.36. The van der Waals surface area contributed by atoms with Crippen molar-refractivity contribution in [2.45, 2.75) is 25.3 Å². The molecule has 0 saturated carbocycles. The Hall–Kier alpha value is -1.95. The van der Waals surface area contributed by atoms with Gasteiger partial charge in [0.05, 0.1) is 6.04 Å². The van der Waals surface area contributed by atoms with E-state index in [1.165, 1.54) is 24.3 Å². The molecule has 124 valence electrons. The molecule has 2 heterocycles. The molecule has 6 heteroatoms. The number of benzene rings is 1. The van der Waals surface area contributed by atoms with E-state index in [2.05, 4.69) is 10.6 Å². The Morgan fingerprint density at radius 3 is 2.61 bits per heavy atom. The van der Waals surface area contributed by atoms with Gasteiger partial charge in [0.2, 0.25) is 5.91 Å². The van der Waals surface area contributed by atoms with Crippen LogP contribution in [-0.2, 0) is 4.79 Å². The smallest absolute Gasteiger partial charge is 0.251 e. The predicted octanol–water partition coefficient (Wildman–Crippen LogP) is 1.16. The van der Waals surface area contributed by atoms with Gasteiger partial charge in [-0.1, -0.05) is 0 Å². The van der Waals surface area contributed by atoms with Crippen molar-refractivity contribution in [2.75, 3.05) is 26.2 Å². The third-order valence-corrected chi connectivity index (χ3v) is 4.60. The van der Waals surface area contributed by atoms with Crippen LogP contribution in [0.2, 0.25) is 0 Å². The minimum absolute atomic E-state index is 0.124. The number of rotatable bonds is 4. The topological polar surface area (TPSA) is 61.4 Å². The highest BCUT2D eigenvalue weighted by Gasteiger charge is 2.33. The molecule has 23 heavy (non-hydrogen) atoms. The van der Waals surface area contributed by atoms with Crippen molar-refractivity contribution in [1.82, 2.24) is 15.5 Å². The largest absolute Gasteiger partial charge is 0.352 e. The Morgan fingerprint density at radius 1 is 1.22 bits per heavy atom. The molecule has 0 radical (unpaired) electrons. The van der Waals surface area contributed by atoms with E-state index in [1.807, 2.05) is 4.90 Å². The Bertz CT molecular complexity index is 570. The second-order valence-electron chi connectivity index (χ2n) is 6.31. The molecule has 2 N–H and O–H groups in total. The molecule has 2 aliphatic rings. The molecular weight excluding hydrogens is 297 g/mol. The van der Waals surface area contributed by atoms with Crippen LogP contribution >= 0.6 is 0 Å². The molecule has 1 aromatic carbocycles. The summed E-state index contributed by atoms with van der Waals surface area (Å²) in [5.41, 5.74) is 0.446. The van der Waals surface area contributed by atoms with Gasteiger partial charge in [0.15, 0.2) is 0 Å². The maximum atomic E-state index is 12.9. The van der Waals surface area contributed by atoms with Crippen molar-refractivity contribution in [2.24, 2.45) is 5.92 Å². The summed E-state index contributed by atoms with van der Waals surface area (Å²) >= 11 is 0. The number of carbonyl (C=O) groups excluding carboxylic acids is 2. The second-order valence-corrected chi connectivity index (χ2v) is 6.31. The van der Waals surface area contributed by atoms with Crippen molar-refractivity contribution < 1.29 is 14.0 Å². The minimum Gasteiger partial charge on any atom is -0.352 e. The van der Waals surface area contributed by atoms with E-state index < -0.39 is 0 Å². The molecule has 0 aliphatic carbocycles. The molecular formula is C17H22FN3O2. The molecule has 0 spiro atoms. The number of hydrogen-bond donors (Lipinski definition) is 2. The van der Waals surface area contributed by atoms with Crippen LogP contribution in [0.15, 0.2) is 24.3 Å². The molecule has 2 atom stereocenters. The second kappa shape index (κ2) is 7.08. The van der Waals surface area contributed by atoms with Gasteiger partial charge < -0.3 is 15.5 Å². The van der Waals surface area contributed by atoms with Crippen molar-refractivity contribution in [3.05, 3.63) is 35.6 Å². The first-order chi connectivity index (χ1) is 11.1. The van der Waals surface area contributed by atoms with Crippen LogP contribution in [0, 0.1) is 11.7 Å². The van der Waals surface area contributed by atoms with Crippen LogP contribution in [0.5, 0.6) is 0 Å². The number of nitrogens with zero attached hydrogens (tertiary/aromatic N) is 1. The van der Waals surface area contributed by atoms with Gasteiger partial charge in [-0.05, 0) is 49.4 Å². The van der Waals surface area contributed by atoms with E-state index in [9.17, 15) is 14.0 Å². The molecule has 0 aromatic heterocycles. The molecule has 2 amide bonds. The van der Waals surface area contributed by atoms with Gasteiger partial charge in [-0.15, -0.1) is 0 Å². The van der Waals surface area contributed by atoms with E-state index in [1.54, 1.807) is 0 Å². The maximum absolute atomic E-state index is 12.9. The summed E-state index contributed by atoms with van der Waals surface area (Å²) < 4.78 is 12.9. The minimum atomic E-state index is -0.357. The first-order valence-corrected chi connectivity index (χ1v) is 8.19. The standard InChI is InChI=1S/C17H22FN3O2/c18-14-5-3-13(4-6-14)16(22)20-11-12-9-15(19-10-12)17(23)21-7-1-2-8-21/h3-6,12,15,19H,1-2,7-11H2,(H,20,22)/t12-,15-/m0/s1. The van der Waals surface area contributed by atoms with Crippen molar-refractivity contribution in [3.8, 4) is 0 Å². The zero-order valence-electron chi connectivity index (χ0n) is 13.1. The molecule has 5 nitrogen and oxygen atoms in total. The Kier molecular flexibility index (Phi) is 4.91. The summed E-state index contributed by atoms with van der Waals surface area (Å²) in [4.78, 5) is 26.3. The summed E-state index contributed by atoms with van der Waals surface area (Å²) in [5.74, 6) is -0.130. The highest BCUT2D eigenvalue weighted by Crippen LogP contribution is 2.18. The summed E-state index contributed by atoms with van der Waals surface area (Å²) in [6.45, 7) is 2.98. The number of nitrogens with one attached hydrogen (secondary N) is 2. The van der Waals surface area contributed by atoms with Crippen LogP contribution in [0.4, 0.5) is 4.39 Å². The number of likely N-dealkylation sites (tertiary alicyclic amines) is 1. The van der Waals surface area contributed by atoms with Crippen LogP contribution < -0.4 is 10.6 Å². The fourth-order valence-corrected chi connectivity index (χ4v) is 3.25. The Labute approximate surface area is 135 Å². The van der Waals surface area contributed by atoms with Crippen LogP contribution in [-0.4, -0.2) is 48.9 Å². The highest BCUT2D eigenvalue weighted by molar-refractivity contribution is 5.94. The van der Waals surface area contributed by atoms with Gasteiger partial charge in [-0.3, -0.25) is 9.59 Å². The van der Waals surface area contributed by atoms with Crippen molar-refractivity contribution >= 4 is 11.8 Å². The number of hydrogen-bond acceptors (Lipinski definition) is 3. The molecule has 0 bridgehead atoms. The van der Waals surface area contributed by atoms with E-state index in [0.717, 1.165) is 38.9 Å². The zero-order valence-corrected chi connectivity index (χ0v) is 13.1. The van der Waals surface area contributed by atoms with Gasteiger partial charge in [0.25, 0.3) is 5.91 Å². The lowest BCUT2D eigenvalue weighted by molar-refractivity contribution is -0.132. The van der Waals surface area contributed by atoms with Gasteiger partial charge >= 0.3 is 0 Å². The van der Waals surface area contributed by atoms with Crippen LogP contribution in [0.3, 0.4) is 0 Å². The molecule has 2 saturated heterocycles. The molecule has 2 fully saturated rings. The van der Waals surface area contributed by atoms with Crippen molar-refractivity contribution in [3.63, 3.8) is 0 Å². The molecule has 2 aliphatic heterocycles. The van der Waals surface area contributed by atoms with Gasteiger partial charge in [-0.2, -0.15) is 0 Å². The monoisotopic (exact) mass is 319 g/mol. The number of carbonyl (C=O) groups is 2. The van der Waals surface area contributed by atoms with E-state index >= 15 is 0 Å². The van der Waals surface area contributed by atoms with Crippen LogP contribution in [0.1, 0.15) is 29.6 Å². The first-order valence-electron chi connectivity index (χ1n) is 8.19. The van der Waals surface area contributed by atoms with E-state index in [4.69, 9.17) is 0 Å². The summed E-state index contributed by atoms with van der Waals surface area (Å²) in [5, 5.41) is 6.13. The Morgan fingerprint density at radius 2 is 1.91 bits per heavy atom.